The van der Waals surface area contributed by atoms with Crippen molar-refractivity contribution in [3.8, 4) is 11.4 Å². The fourth-order valence-electron chi connectivity index (χ4n) is 6.14. The number of hydrogen-bond donors (Lipinski definition) is 2. The third-order valence-electron chi connectivity index (χ3n) is 8.40. The lowest BCUT2D eigenvalue weighted by atomic mass is 9.76. The molecular weight excluding hydrogens is 480 g/mol. The Balaban J connectivity index is 1.53. The van der Waals surface area contributed by atoms with Crippen molar-refractivity contribution in [2.24, 2.45) is 0 Å². The van der Waals surface area contributed by atoms with Crippen LogP contribution in [0.2, 0.25) is 25.7 Å². The molecule has 0 bridgehead atoms. The van der Waals surface area contributed by atoms with Crippen LogP contribution >= 0.6 is 0 Å². The van der Waals surface area contributed by atoms with Crippen LogP contribution in [-0.4, -0.2) is 53.6 Å². The number of amides is 1. The molecule has 5 rings (SSSR count). The molecule has 0 saturated carbocycles. The average Bonchev–Trinajstić information content (AvgIpc) is 3.46. The van der Waals surface area contributed by atoms with Crippen molar-refractivity contribution in [1.82, 2.24) is 14.8 Å². The molecule has 0 saturated heterocycles. The topological polar surface area (TPSA) is 83.4 Å². The molecule has 1 aliphatic heterocycles. The summed E-state index contributed by atoms with van der Waals surface area (Å²) in [6, 6.07) is 5.60. The molecule has 0 fully saturated rings. The third-order valence-corrected chi connectivity index (χ3v) is 10.1. The van der Waals surface area contributed by atoms with Crippen LogP contribution in [0.1, 0.15) is 56.2 Å². The molecule has 1 aromatic carbocycles. The largest absolute Gasteiger partial charge is 0.396 e. The van der Waals surface area contributed by atoms with Gasteiger partial charge in [0.15, 0.2) is 0 Å². The number of H-pyrrole nitrogens is 1. The number of aryl methyl sites for hydroxylation is 2. The first-order valence-electron chi connectivity index (χ1n) is 14.0. The van der Waals surface area contributed by atoms with Gasteiger partial charge < -0.3 is 19.7 Å². The lowest BCUT2D eigenvalue weighted by molar-refractivity contribution is -0.123. The molecule has 1 amide bonds. The number of aliphatic hydroxyl groups is 1. The molecule has 0 radical (unpaired) electrons. The number of aromatic nitrogens is 3. The van der Waals surface area contributed by atoms with Crippen molar-refractivity contribution in [1.29, 1.82) is 0 Å². The van der Waals surface area contributed by atoms with Gasteiger partial charge in [-0.25, -0.2) is 4.68 Å². The molecule has 0 atom stereocenters. The maximum atomic E-state index is 13.6. The molecule has 0 unspecified atom stereocenters. The third kappa shape index (κ3) is 4.57. The van der Waals surface area contributed by atoms with Crippen molar-refractivity contribution < 1.29 is 14.6 Å². The number of ether oxygens (including phenoxy) is 1. The number of nitrogens with one attached hydrogen (secondary N) is 1. The normalized spacial score (nSPS) is 16.7. The van der Waals surface area contributed by atoms with E-state index >= 15 is 0 Å². The summed E-state index contributed by atoms with van der Waals surface area (Å²) in [4.78, 5) is 19.3. The van der Waals surface area contributed by atoms with Crippen LogP contribution in [-0.2, 0) is 34.5 Å². The lowest BCUT2D eigenvalue weighted by Crippen LogP contribution is -2.40. The molecule has 8 heteroatoms. The Morgan fingerprint density at radius 2 is 1.97 bits per heavy atom. The van der Waals surface area contributed by atoms with Gasteiger partial charge in [0.05, 0.1) is 11.1 Å². The van der Waals surface area contributed by atoms with Crippen LogP contribution in [0.5, 0.6) is 0 Å². The maximum Gasteiger partial charge on any atom is 0.237 e. The molecule has 1 aliphatic carbocycles. The molecule has 37 heavy (non-hydrogen) atoms. The van der Waals surface area contributed by atoms with Gasteiger partial charge in [0.2, 0.25) is 5.91 Å². The highest BCUT2D eigenvalue weighted by Crippen LogP contribution is 2.49. The zero-order valence-electron chi connectivity index (χ0n) is 23.1. The van der Waals surface area contributed by atoms with E-state index in [-0.39, 0.29) is 12.5 Å². The summed E-state index contributed by atoms with van der Waals surface area (Å²) < 4.78 is 7.92. The second-order valence-corrected chi connectivity index (χ2v) is 17.6. The number of hydrogen-bond acceptors (Lipinski definition) is 4. The first-order chi connectivity index (χ1) is 17.7. The minimum atomic E-state index is -1.12. The summed E-state index contributed by atoms with van der Waals surface area (Å²) in [5, 5.41) is 15.6. The lowest BCUT2D eigenvalue weighted by Gasteiger charge is -2.26. The van der Waals surface area contributed by atoms with Gasteiger partial charge >= 0.3 is 0 Å². The SMILES string of the molecule is CCC1(CC)C(=O)N(CCCO)c2cc3c4c([nH]c3cc21)-c1nn(COCC[Si](C)(C)C)cc1CCC4. The summed E-state index contributed by atoms with van der Waals surface area (Å²) in [7, 11) is -1.12. The van der Waals surface area contributed by atoms with Gasteiger partial charge in [-0.1, -0.05) is 33.5 Å². The van der Waals surface area contributed by atoms with Crippen LogP contribution in [0.15, 0.2) is 18.3 Å². The number of benzene rings is 1. The van der Waals surface area contributed by atoms with Gasteiger partial charge in [-0.3, -0.25) is 4.79 Å². The Bertz CT molecular complexity index is 1300. The van der Waals surface area contributed by atoms with E-state index in [0.717, 1.165) is 72.9 Å². The van der Waals surface area contributed by atoms with Crippen molar-refractivity contribution in [2.75, 3.05) is 24.7 Å². The molecule has 200 valence electrons. The summed E-state index contributed by atoms with van der Waals surface area (Å²) in [6.45, 7) is 13.2. The Hall–Kier alpha value is -2.42. The number of carbonyl (C=O) groups excluding carboxylic acids is 1. The second kappa shape index (κ2) is 10.0. The first-order valence-corrected chi connectivity index (χ1v) is 17.7. The van der Waals surface area contributed by atoms with Crippen molar-refractivity contribution in [3.05, 3.63) is 35.0 Å². The van der Waals surface area contributed by atoms with Gasteiger partial charge in [-0.2, -0.15) is 5.10 Å². The van der Waals surface area contributed by atoms with Gasteiger partial charge in [0.25, 0.3) is 0 Å². The van der Waals surface area contributed by atoms with Crippen LogP contribution in [0, 0.1) is 0 Å². The number of aromatic amines is 1. The molecule has 0 spiro atoms. The molecule has 7 nitrogen and oxygen atoms in total. The number of carbonyl (C=O) groups is 1. The summed E-state index contributed by atoms with van der Waals surface area (Å²) >= 11 is 0. The highest BCUT2D eigenvalue weighted by molar-refractivity contribution is 6.76. The summed E-state index contributed by atoms with van der Waals surface area (Å²) in [5.74, 6) is 0.176. The standard InChI is InChI=1S/C29H42N4O3Si/c1-6-29(7-2)23-17-24-22(16-25(23)33(28(29)35)12-9-13-34)21-11-8-10-20-18-32(31-26(20)27(21)30-24)19-36-14-15-37(3,4)5/h16-18,30,34H,6-15,19H2,1-5H3. The fraction of sp³-hybridized carbons (Fsp3) is 0.586. The van der Waals surface area contributed by atoms with E-state index in [4.69, 9.17) is 9.84 Å². The van der Waals surface area contributed by atoms with Crippen LogP contribution < -0.4 is 4.90 Å². The van der Waals surface area contributed by atoms with E-state index in [1.54, 1.807) is 0 Å². The number of nitrogens with zero attached hydrogens (tertiary/aromatic N) is 3. The molecule has 2 aromatic heterocycles. The van der Waals surface area contributed by atoms with E-state index in [9.17, 15) is 9.90 Å². The van der Waals surface area contributed by atoms with Crippen LogP contribution in [0.4, 0.5) is 5.69 Å². The Labute approximate surface area is 221 Å². The van der Waals surface area contributed by atoms with E-state index in [2.05, 4.69) is 56.8 Å². The fourth-order valence-corrected chi connectivity index (χ4v) is 6.89. The predicted octanol–water partition coefficient (Wildman–Crippen LogP) is 5.62. The van der Waals surface area contributed by atoms with Crippen LogP contribution in [0.25, 0.3) is 22.3 Å². The Kier molecular flexibility index (Phi) is 7.11. The Morgan fingerprint density at radius 1 is 1.19 bits per heavy atom. The van der Waals surface area contributed by atoms with E-state index in [1.165, 1.54) is 16.5 Å². The molecular formula is C29H42N4O3Si. The summed E-state index contributed by atoms with van der Waals surface area (Å²) in [5.41, 5.74) is 7.42. The second-order valence-electron chi connectivity index (χ2n) is 12.0. The van der Waals surface area contributed by atoms with Crippen molar-refractivity contribution >= 4 is 30.6 Å². The van der Waals surface area contributed by atoms with Gasteiger partial charge in [-0.05, 0) is 73.4 Å². The average molecular weight is 523 g/mol. The van der Waals surface area contributed by atoms with Gasteiger partial charge in [0, 0.05) is 50.6 Å². The highest BCUT2D eigenvalue weighted by atomic mass is 28.3. The number of anilines is 1. The molecule has 3 heterocycles. The minimum absolute atomic E-state index is 0.0828. The smallest absolute Gasteiger partial charge is 0.237 e. The van der Waals surface area contributed by atoms with Crippen LogP contribution in [0.3, 0.4) is 0 Å². The summed E-state index contributed by atoms with van der Waals surface area (Å²) in [6.07, 6.45) is 7.31. The zero-order valence-corrected chi connectivity index (χ0v) is 24.1. The van der Waals surface area contributed by atoms with E-state index < -0.39 is 13.5 Å². The van der Waals surface area contributed by atoms with E-state index in [1.807, 2.05) is 9.58 Å². The number of rotatable bonds is 10. The van der Waals surface area contributed by atoms with Crippen molar-refractivity contribution in [3.63, 3.8) is 0 Å². The molecule has 2 aliphatic rings. The quantitative estimate of drug-likeness (QED) is 0.267. The Morgan fingerprint density at radius 3 is 2.68 bits per heavy atom. The van der Waals surface area contributed by atoms with Gasteiger partial charge in [0.1, 0.15) is 12.4 Å². The maximum absolute atomic E-state index is 13.6. The monoisotopic (exact) mass is 522 g/mol. The number of aliphatic hydroxyl groups excluding tert-OH is 1. The molecule has 2 N–H and O–H groups in total. The van der Waals surface area contributed by atoms with E-state index in [0.29, 0.717) is 19.7 Å². The predicted molar refractivity (Wildman–Crippen MR) is 152 cm³/mol. The minimum Gasteiger partial charge on any atom is -0.396 e. The van der Waals surface area contributed by atoms with Crippen molar-refractivity contribution in [2.45, 2.75) is 90.2 Å². The first kappa shape index (κ1) is 26.2. The van der Waals surface area contributed by atoms with Gasteiger partial charge in [-0.15, -0.1) is 0 Å². The zero-order chi connectivity index (χ0) is 26.4. The molecule has 3 aromatic rings. The highest BCUT2D eigenvalue weighted by Gasteiger charge is 2.48. The number of fused-ring (bicyclic) bond motifs is 6.